The molecule has 0 bridgehead atoms. The van der Waals surface area contributed by atoms with E-state index in [1.165, 1.54) is 17.0 Å². The fraction of sp³-hybridized carbons (Fsp3) is 0.500. The lowest BCUT2D eigenvalue weighted by Crippen LogP contribution is -2.57. The number of amides is 6. The van der Waals surface area contributed by atoms with Crippen LogP contribution in [0, 0.1) is 5.92 Å². The van der Waals surface area contributed by atoms with E-state index in [0.717, 1.165) is 12.0 Å². The third kappa shape index (κ3) is 12.6. The molecule has 2 heterocycles. The fourth-order valence-electron chi connectivity index (χ4n) is 6.55. The molecule has 2 fully saturated rings. The molecule has 2 saturated heterocycles. The minimum absolute atomic E-state index is 0.0216. The van der Waals surface area contributed by atoms with Crippen molar-refractivity contribution in [3.05, 3.63) is 65.7 Å². The molecular formula is C38H51N7O9. The standard InChI is InChI=1S/C38H51N7O9/c1-23(2)18-30(37(52)45-17-7-11-31(45)38(53)54)44-36(51)29(19-24-8-4-3-5-9-24)42-33(48)22-40-32(47)21-41-34(49)28(20-25-12-14-26(46)15-13-25)43-35(50)27-10-6-16-39-27/h3-5,8-9,12-15,23,27-31,39,46H,6-7,10-11,16-22H2,1-2H3,(H,40,47)(H,41,49)(H,42,48)(H,43,50)(H,44,51)(H,53,54). The normalized spacial score (nSPS) is 18.2. The van der Waals surface area contributed by atoms with Gasteiger partial charge in [0.15, 0.2) is 0 Å². The van der Waals surface area contributed by atoms with E-state index in [1.807, 2.05) is 13.8 Å². The van der Waals surface area contributed by atoms with Crippen molar-refractivity contribution in [2.75, 3.05) is 26.2 Å². The van der Waals surface area contributed by atoms with Crippen molar-refractivity contribution in [2.45, 2.75) is 89.0 Å². The predicted octanol–water partition coefficient (Wildman–Crippen LogP) is -0.262. The largest absolute Gasteiger partial charge is 0.508 e. The molecule has 54 heavy (non-hydrogen) atoms. The number of carboxylic acid groups (broad SMARTS) is 1. The second-order valence-corrected chi connectivity index (χ2v) is 14.1. The van der Waals surface area contributed by atoms with Crippen molar-refractivity contribution >= 4 is 41.4 Å². The van der Waals surface area contributed by atoms with Gasteiger partial charge in [-0.2, -0.15) is 0 Å². The van der Waals surface area contributed by atoms with Crippen LogP contribution in [0.3, 0.4) is 0 Å². The number of aliphatic carboxylic acids is 1. The zero-order valence-electron chi connectivity index (χ0n) is 30.6. The van der Waals surface area contributed by atoms with Crippen LogP contribution >= 0.6 is 0 Å². The first-order chi connectivity index (χ1) is 25.8. The van der Waals surface area contributed by atoms with E-state index in [2.05, 4.69) is 31.9 Å². The van der Waals surface area contributed by atoms with Crippen LogP contribution in [0.25, 0.3) is 0 Å². The number of aromatic hydroxyl groups is 1. The zero-order chi connectivity index (χ0) is 39.2. The molecule has 4 rings (SSSR count). The Labute approximate surface area is 314 Å². The van der Waals surface area contributed by atoms with E-state index in [0.29, 0.717) is 31.4 Å². The second-order valence-electron chi connectivity index (χ2n) is 14.1. The van der Waals surface area contributed by atoms with Gasteiger partial charge in [-0.15, -0.1) is 0 Å². The van der Waals surface area contributed by atoms with E-state index >= 15 is 0 Å². The Bertz CT molecular complexity index is 1630. The number of carbonyl (C=O) groups excluding carboxylic acids is 6. The number of rotatable bonds is 18. The number of carbonyl (C=O) groups is 7. The number of benzene rings is 2. The molecule has 8 N–H and O–H groups in total. The molecule has 0 radical (unpaired) electrons. The molecule has 16 nitrogen and oxygen atoms in total. The van der Waals surface area contributed by atoms with Gasteiger partial charge in [0, 0.05) is 19.4 Å². The average Bonchev–Trinajstić information content (AvgIpc) is 3.87. The molecule has 5 atom stereocenters. The average molecular weight is 750 g/mol. The van der Waals surface area contributed by atoms with E-state index < -0.39 is 78.8 Å². The highest BCUT2D eigenvalue weighted by Crippen LogP contribution is 2.21. The van der Waals surface area contributed by atoms with Gasteiger partial charge in [-0.05, 0) is 67.8 Å². The van der Waals surface area contributed by atoms with Crippen molar-refractivity contribution in [2.24, 2.45) is 5.92 Å². The van der Waals surface area contributed by atoms with E-state index in [9.17, 15) is 43.8 Å². The molecule has 0 saturated carbocycles. The lowest BCUT2D eigenvalue weighted by Gasteiger charge is -2.29. The SMILES string of the molecule is CC(C)CC(NC(=O)C(Cc1ccccc1)NC(=O)CNC(=O)CNC(=O)C(Cc1ccc(O)cc1)NC(=O)C1CCCN1)C(=O)N1CCCC1C(=O)O. The molecule has 2 aromatic rings. The molecule has 2 aliphatic heterocycles. The van der Waals surface area contributed by atoms with Crippen LogP contribution in [0.15, 0.2) is 54.6 Å². The Morgan fingerprint density at radius 1 is 0.759 bits per heavy atom. The van der Waals surface area contributed by atoms with E-state index in [-0.39, 0.29) is 43.4 Å². The second kappa shape index (κ2) is 20.1. The molecule has 2 aliphatic rings. The van der Waals surface area contributed by atoms with Crippen LogP contribution in [0.5, 0.6) is 5.75 Å². The number of nitrogens with zero attached hydrogens (tertiary/aromatic N) is 1. The summed E-state index contributed by atoms with van der Waals surface area (Å²) in [6.45, 7) is 3.66. The van der Waals surface area contributed by atoms with E-state index in [4.69, 9.17) is 0 Å². The third-order valence-corrected chi connectivity index (χ3v) is 9.33. The van der Waals surface area contributed by atoms with Gasteiger partial charge in [-0.25, -0.2) is 4.79 Å². The Morgan fingerprint density at radius 2 is 1.41 bits per heavy atom. The first-order valence-corrected chi connectivity index (χ1v) is 18.3. The van der Waals surface area contributed by atoms with Gasteiger partial charge < -0.3 is 47.0 Å². The molecule has 5 unspecified atom stereocenters. The quantitative estimate of drug-likeness (QED) is 0.0995. The summed E-state index contributed by atoms with van der Waals surface area (Å²) in [6, 6.07) is 10.5. The predicted molar refractivity (Wildman–Crippen MR) is 197 cm³/mol. The number of hydrogen-bond acceptors (Lipinski definition) is 9. The molecule has 0 aromatic heterocycles. The summed E-state index contributed by atoms with van der Waals surface area (Å²) >= 11 is 0. The maximum absolute atomic E-state index is 13.7. The number of hydrogen-bond donors (Lipinski definition) is 8. The van der Waals surface area contributed by atoms with Gasteiger partial charge in [0.05, 0.1) is 19.1 Å². The third-order valence-electron chi connectivity index (χ3n) is 9.33. The number of likely N-dealkylation sites (tertiary alicyclic amines) is 1. The first kappa shape index (κ1) is 41.2. The summed E-state index contributed by atoms with van der Waals surface area (Å²) in [5.41, 5.74) is 1.39. The van der Waals surface area contributed by atoms with Crippen molar-refractivity contribution < 1.29 is 43.8 Å². The highest BCUT2D eigenvalue weighted by Gasteiger charge is 2.38. The molecule has 16 heteroatoms. The Hall–Kier alpha value is -5.51. The highest BCUT2D eigenvalue weighted by molar-refractivity contribution is 5.95. The van der Waals surface area contributed by atoms with Crippen LogP contribution in [0.2, 0.25) is 0 Å². The summed E-state index contributed by atoms with van der Waals surface area (Å²) in [5, 5.41) is 35.4. The number of phenols is 1. The van der Waals surface area contributed by atoms with E-state index in [1.54, 1.807) is 42.5 Å². The van der Waals surface area contributed by atoms with Gasteiger partial charge >= 0.3 is 5.97 Å². The molecule has 2 aromatic carbocycles. The zero-order valence-corrected chi connectivity index (χ0v) is 30.6. The molecule has 6 amide bonds. The Kier molecular flexibility index (Phi) is 15.3. The maximum atomic E-state index is 13.7. The lowest BCUT2D eigenvalue weighted by molar-refractivity contribution is -0.149. The summed E-state index contributed by atoms with van der Waals surface area (Å²) in [7, 11) is 0. The van der Waals surface area contributed by atoms with Crippen LogP contribution < -0.4 is 31.9 Å². The van der Waals surface area contributed by atoms with Crippen LogP contribution in [-0.2, 0) is 46.4 Å². The number of carboxylic acids is 1. The van der Waals surface area contributed by atoms with Crippen molar-refractivity contribution in [3.8, 4) is 5.75 Å². The molecular weight excluding hydrogens is 698 g/mol. The van der Waals surface area contributed by atoms with Gasteiger partial charge in [0.25, 0.3) is 0 Å². The van der Waals surface area contributed by atoms with Crippen LogP contribution in [0.1, 0.15) is 57.1 Å². The minimum Gasteiger partial charge on any atom is -0.508 e. The maximum Gasteiger partial charge on any atom is 0.326 e. The van der Waals surface area contributed by atoms with Crippen LogP contribution in [0.4, 0.5) is 0 Å². The fourth-order valence-corrected chi connectivity index (χ4v) is 6.55. The van der Waals surface area contributed by atoms with Crippen molar-refractivity contribution in [1.29, 1.82) is 0 Å². The van der Waals surface area contributed by atoms with Gasteiger partial charge in [-0.1, -0.05) is 56.3 Å². The summed E-state index contributed by atoms with van der Waals surface area (Å²) in [4.78, 5) is 92.1. The minimum atomic E-state index is -1.15. The first-order valence-electron chi connectivity index (χ1n) is 18.3. The smallest absolute Gasteiger partial charge is 0.326 e. The summed E-state index contributed by atoms with van der Waals surface area (Å²) in [6.07, 6.45) is 2.71. The van der Waals surface area contributed by atoms with Gasteiger partial charge in [-0.3, -0.25) is 28.8 Å². The number of phenolic OH excluding ortho intramolecular Hbond substituents is 1. The highest BCUT2D eigenvalue weighted by atomic mass is 16.4. The number of nitrogens with one attached hydrogen (secondary N) is 6. The molecule has 0 spiro atoms. The Balaban J connectivity index is 1.35. The Morgan fingerprint density at radius 3 is 2.04 bits per heavy atom. The topological polar surface area (TPSA) is 235 Å². The molecule has 292 valence electrons. The summed E-state index contributed by atoms with van der Waals surface area (Å²) in [5.74, 6) is -4.60. The monoisotopic (exact) mass is 749 g/mol. The van der Waals surface area contributed by atoms with Gasteiger partial charge in [0.1, 0.15) is 29.9 Å². The van der Waals surface area contributed by atoms with Gasteiger partial charge in [0.2, 0.25) is 35.4 Å². The van der Waals surface area contributed by atoms with Crippen LogP contribution in [-0.4, -0.2) is 113 Å². The molecule has 0 aliphatic carbocycles. The lowest BCUT2D eigenvalue weighted by atomic mass is 10.00. The van der Waals surface area contributed by atoms with Crippen molar-refractivity contribution in [1.82, 2.24) is 36.8 Å². The summed E-state index contributed by atoms with van der Waals surface area (Å²) < 4.78 is 0. The van der Waals surface area contributed by atoms with Crippen molar-refractivity contribution in [3.63, 3.8) is 0 Å².